The number of para-hydroxylation sites is 1. The minimum Gasteiger partial charge on any atom is -0.484 e. The van der Waals surface area contributed by atoms with Crippen LogP contribution in [0.3, 0.4) is 0 Å². The summed E-state index contributed by atoms with van der Waals surface area (Å²) in [7, 11) is 0. The normalized spacial score (nSPS) is 10.6. The van der Waals surface area contributed by atoms with E-state index < -0.39 is 0 Å². The Bertz CT molecular complexity index is 781. The van der Waals surface area contributed by atoms with Crippen LogP contribution in [0.4, 0.5) is 0 Å². The first kappa shape index (κ1) is 17.3. The molecule has 130 valence electrons. The average molecular weight is 355 g/mol. The smallest absolute Gasteiger partial charge is 0.260 e. The Morgan fingerprint density at radius 2 is 2.08 bits per heavy atom. The van der Waals surface area contributed by atoms with Crippen LogP contribution in [0.15, 0.2) is 64.8 Å². The van der Waals surface area contributed by atoms with Gasteiger partial charge >= 0.3 is 0 Å². The van der Waals surface area contributed by atoms with Crippen molar-refractivity contribution in [2.45, 2.75) is 19.9 Å². The second-order valence-corrected chi connectivity index (χ2v) is 6.86. The highest BCUT2D eigenvalue weighted by molar-refractivity contribution is 7.09. The van der Waals surface area contributed by atoms with Gasteiger partial charge in [-0.15, -0.1) is 11.3 Å². The second-order valence-electron chi connectivity index (χ2n) is 5.83. The lowest BCUT2D eigenvalue weighted by atomic mass is 10.2. The lowest BCUT2D eigenvalue weighted by Gasteiger charge is -2.22. The predicted molar refractivity (Wildman–Crippen MR) is 98.8 cm³/mol. The highest BCUT2D eigenvalue weighted by Gasteiger charge is 2.16. The van der Waals surface area contributed by atoms with Crippen LogP contribution in [0.1, 0.15) is 16.0 Å². The van der Waals surface area contributed by atoms with Crippen LogP contribution >= 0.6 is 11.3 Å². The number of ether oxygens (including phenoxy) is 1. The Balaban J connectivity index is 1.62. The number of furan rings is 1. The minimum atomic E-state index is -0.0268. The van der Waals surface area contributed by atoms with Gasteiger partial charge in [-0.1, -0.05) is 24.3 Å². The van der Waals surface area contributed by atoms with E-state index in [0.29, 0.717) is 13.1 Å². The topological polar surface area (TPSA) is 42.7 Å². The van der Waals surface area contributed by atoms with E-state index in [1.54, 1.807) is 23.9 Å². The van der Waals surface area contributed by atoms with Gasteiger partial charge in [0.1, 0.15) is 5.75 Å². The largest absolute Gasteiger partial charge is 0.484 e. The van der Waals surface area contributed by atoms with E-state index in [4.69, 9.17) is 9.15 Å². The molecule has 0 atom stereocenters. The van der Waals surface area contributed by atoms with Gasteiger partial charge in [0, 0.05) is 23.5 Å². The van der Waals surface area contributed by atoms with E-state index in [1.165, 1.54) is 4.88 Å². The van der Waals surface area contributed by atoms with Gasteiger partial charge in [0.25, 0.3) is 5.91 Å². The van der Waals surface area contributed by atoms with Crippen molar-refractivity contribution >= 4 is 17.2 Å². The Morgan fingerprint density at radius 1 is 1.20 bits per heavy atom. The van der Waals surface area contributed by atoms with Crippen LogP contribution in [0, 0.1) is 6.92 Å². The number of carbonyl (C=O) groups excluding carboxylic acids is 1. The molecule has 1 amide bonds. The highest BCUT2D eigenvalue weighted by atomic mass is 32.1. The van der Waals surface area contributed by atoms with E-state index in [1.807, 2.05) is 48.2 Å². The monoisotopic (exact) mass is 355 g/mol. The molecule has 0 aliphatic heterocycles. The summed E-state index contributed by atoms with van der Waals surface area (Å²) in [6.07, 6.45) is 4.14. The standard InChI is InChI=1S/C20H21NO3S/c1-16-5-2-3-7-19(16)24-15-20(22)21(13-17-9-11-23-14-17)10-8-18-6-4-12-25-18/h2-7,9,11-12,14H,8,10,13,15H2,1H3. The molecule has 5 heteroatoms. The number of carbonyl (C=O) groups is 1. The fourth-order valence-corrected chi connectivity index (χ4v) is 3.24. The van der Waals surface area contributed by atoms with Gasteiger partial charge in [-0.25, -0.2) is 0 Å². The molecular formula is C20H21NO3S. The quantitative estimate of drug-likeness (QED) is 0.605. The molecule has 0 N–H and O–H groups in total. The Labute approximate surface area is 151 Å². The molecule has 0 fully saturated rings. The fourth-order valence-electron chi connectivity index (χ4n) is 2.54. The molecule has 0 spiro atoms. The molecule has 3 aromatic rings. The summed E-state index contributed by atoms with van der Waals surface area (Å²) in [5.41, 5.74) is 2.01. The molecule has 0 bridgehead atoms. The van der Waals surface area contributed by atoms with E-state index in [-0.39, 0.29) is 12.5 Å². The number of rotatable bonds is 8. The lowest BCUT2D eigenvalue weighted by Crippen LogP contribution is -2.36. The molecular weight excluding hydrogens is 334 g/mol. The van der Waals surface area contributed by atoms with E-state index in [9.17, 15) is 4.79 Å². The summed E-state index contributed by atoms with van der Waals surface area (Å²) >= 11 is 1.71. The van der Waals surface area contributed by atoms with Crippen molar-refractivity contribution in [2.75, 3.05) is 13.2 Å². The Morgan fingerprint density at radius 3 is 2.80 bits per heavy atom. The number of hydrogen-bond acceptors (Lipinski definition) is 4. The molecule has 0 aliphatic rings. The molecule has 0 aliphatic carbocycles. The van der Waals surface area contributed by atoms with Crippen LogP contribution < -0.4 is 4.74 Å². The molecule has 4 nitrogen and oxygen atoms in total. The number of amides is 1. The van der Waals surface area contributed by atoms with Crippen molar-refractivity contribution in [1.29, 1.82) is 0 Å². The average Bonchev–Trinajstić information content (AvgIpc) is 3.31. The zero-order chi connectivity index (χ0) is 17.5. The van der Waals surface area contributed by atoms with Crippen LogP contribution in [0.2, 0.25) is 0 Å². The number of benzene rings is 1. The highest BCUT2D eigenvalue weighted by Crippen LogP contribution is 2.17. The lowest BCUT2D eigenvalue weighted by molar-refractivity contribution is -0.134. The van der Waals surface area contributed by atoms with E-state index >= 15 is 0 Å². The van der Waals surface area contributed by atoms with Crippen LogP contribution in [0.5, 0.6) is 5.75 Å². The van der Waals surface area contributed by atoms with Crippen LogP contribution in [-0.2, 0) is 17.8 Å². The van der Waals surface area contributed by atoms with Crippen molar-refractivity contribution in [3.05, 3.63) is 76.4 Å². The first-order valence-electron chi connectivity index (χ1n) is 8.22. The summed E-state index contributed by atoms with van der Waals surface area (Å²) in [5.74, 6) is 0.721. The summed E-state index contributed by atoms with van der Waals surface area (Å²) < 4.78 is 10.8. The maximum Gasteiger partial charge on any atom is 0.260 e. The fraction of sp³-hybridized carbons (Fsp3) is 0.250. The summed E-state index contributed by atoms with van der Waals surface area (Å²) in [5, 5.41) is 2.05. The van der Waals surface area contributed by atoms with Crippen LogP contribution in [-0.4, -0.2) is 24.0 Å². The van der Waals surface area contributed by atoms with Gasteiger partial charge in [0.2, 0.25) is 0 Å². The van der Waals surface area contributed by atoms with Gasteiger partial charge in [-0.3, -0.25) is 4.79 Å². The minimum absolute atomic E-state index is 0.0268. The molecule has 0 radical (unpaired) electrons. The van der Waals surface area contributed by atoms with Gasteiger partial charge in [0.05, 0.1) is 12.5 Å². The molecule has 2 aromatic heterocycles. The first-order valence-corrected chi connectivity index (χ1v) is 9.10. The molecule has 1 aromatic carbocycles. The molecule has 2 heterocycles. The maximum atomic E-state index is 12.7. The zero-order valence-corrected chi connectivity index (χ0v) is 15.0. The van der Waals surface area contributed by atoms with E-state index in [2.05, 4.69) is 11.4 Å². The maximum absolute atomic E-state index is 12.7. The Hall–Kier alpha value is -2.53. The molecule has 0 saturated heterocycles. The van der Waals surface area contributed by atoms with Gasteiger partial charge in [-0.2, -0.15) is 0 Å². The van der Waals surface area contributed by atoms with Crippen molar-refractivity contribution in [1.82, 2.24) is 4.90 Å². The molecule has 0 saturated carbocycles. The van der Waals surface area contributed by atoms with E-state index in [0.717, 1.165) is 23.3 Å². The summed E-state index contributed by atoms with van der Waals surface area (Å²) in [6, 6.07) is 13.7. The number of thiophene rings is 1. The molecule has 25 heavy (non-hydrogen) atoms. The third-order valence-corrected chi connectivity index (χ3v) is 4.90. The summed E-state index contributed by atoms with van der Waals surface area (Å²) in [4.78, 5) is 15.8. The summed E-state index contributed by atoms with van der Waals surface area (Å²) in [6.45, 7) is 3.19. The first-order chi connectivity index (χ1) is 12.2. The SMILES string of the molecule is Cc1ccccc1OCC(=O)N(CCc1cccs1)Cc1ccoc1. The zero-order valence-electron chi connectivity index (χ0n) is 14.2. The third-order valence-electron chi connectivity index (χ3n) is 3.96. The van der Waals surface area contributed by atoms with Gasteiger partial charge < -0.3 is 14.1 Å². The van der Waals surface area contributed by atoms with Crippen molar-refractivity contribution in [3.8, 4) is 5.75 Å². The van der Waals surface area contributed by atoms with Gasteiger partial charge in [0.15, 0.2) is 6.61 Å². The third kappa shape index (κ3) is 4.97. The van der Waals surface area contributed by atoms with Gasteiger partial charge in [-0.05, 0) is 42.5 Å². The van der Waals surface area contributed by atoms with Crippen molar-refractivity contribution in [3.63, 3.8) is 0 Å². The van der Waals surface area contributed by atoms with Crippen molar-refractivity contribution < 1.29 is 13.9 Å². The number of nitrogens with zero attached hydrogens (tertiary/aromatic N) is 1. The predicted octanol–water partition coefficient (Wildman–Crippen LogP) is 4.30. The molecule has 3 rings (SSSR count). The number of hydrogen-bond donors (Lipinski definition) is 0. The Kier molecular flexibility index (Phi) is 5.90. The molecule has 0 unspecified atom stereocenters. The van der Waals surface area contributed by atoms with Crippen LogP contribution in [0.25, 0.3) is 0 Å². The van der Waals surface area contributed by atoms with Crippen molar-refractivity contribution in [2.24, 2.45) is 0 Å². The second kappa shape index (κ2) is 8.53. The number of aryl methyl sites for hydroxylation is 1.